The average Bonchev–Trinajstić information content (AvgIpc) is 3.19. The lowest BCUT2D eigenvalue weighted by atomic mass is 10.4. The van der Waals surface area contributed by atoms with Crippen molar-refractivity contribution in [2.75, 3.05) is 13.2 Å². The van der Waals surface area contributed by atoms with Crippen LogP contribution in [-0.2, 0) is 20.1 Å². The molecule has 0 aliphatic rings. The summed E-state index contributed by atoms with van der Waals surface area (Å²) in [5.74, 6) is -0.808. The number of aromatic nitrogens is 2. The van der Waals surface area contributed by atoms with E-state index in [1.165, 1.54) is 22.7 Å². The smallest absolute Gasteiger partial charge is 0.350 e. The molecule has 0 saturated heterocycles. The molecule has 10 heteroatoms. The zero-order valence-corrected chi connectivity index (χ0v) is 17.7. The van der Waals surface area contributed by atoms with Gasteiger partial charge in [-0.05, 0) is 13.8 Å². The van der Waals surface area contributed by atoms with Crippen molar-refractivity contribution in [3.63, 3.8) is 0 Å². The first-order valence-electron chi connectivity index (χ1n) is 7.01. The first kappa shape index (κ1) is 19.5. The Bertz CT molecular complexity index is 683. The Balaban J connectivity index is 2.41. The van der Waals surface area contributed by atoms with Crippen molar-refractivity contribution in [3.8, 4) is 10.0 Å². The van der Waals surface area contributed by atoms with E-state index in [9.17, 15) is 9.59 Å². The van der Waals surface area contributed by atoms with Crippen LogP contribution in [0.15, 0.2) is 0 Å². The Morgan fingerprint density at radius 2 is 1.25 bits per heavy atom. The van der Waals surface area contributed by atoms with Gasteiger partial charge in [0.25, 0.3) is 0 Å². The number of hydrogen-bond donors (Lipinski definition) is 0. The number of ether oxygens (including phenoxy) is 2. The topological polar surface area (TPSA) is 78.4 Å². The van der Waals surface area contributed by atoms with Gasteiger partial charge in [-0.1, -0.05) is 31.9 Å². The van der Waals surface area contributed by atoms with Gasteiger partial charge in [-0.25, -0.2) is 19.6 Å². The third-order valence-electron chi connectivity index (χ3n) is 2.75. The number of carbonyl (C=O) groups excluding carboxylic acids is 2. The minimum Gasteiger partial charge on any atom is -0.462 e. The summed E-state index contributed by atoms with van der Waals surface area (Å²) in [5, 5.41) is 2.02. The van der Waals surface area contributed by atoms with Gasteiger partial charge in [0.15, 0.2) is 10.0 Å². The SMILES string of the molecule is CCOC(=O)c1sc(-c2nc(CBr)c(C(=O)OCC)s2)nc1CBr. The number of nitrogens with zero attached hydrogens (tertiary/aromatic N) is 2. The summed E-state index contributed by atoms with van der Waals surface area (Å²) >= 11 is 9.07. The van der Waals surface area contributed by atoms with Crippen molar-refractivity contribution in [1.29, 1.82) is 0 Å². The quantitative estimate of drug-likeness (QED) is 0.416. The molecule has 0 amide bonds. The lowest BCUT2D eigenvalue weighted by Crippen LogP contribution is -2.04. The molecule has 0 atom stereocenters. The number of thiazole rings is 2. The van der Waals surface area contributed by atoms with Crippen molar-refractivity contribution in [3.05, 3.63) is 21.1 Å². The predicted molar refractivity (Wildman–Crippen MR) is 100 cm³/mol. The number of alkyl halides is 2. The molecule has 6 nitrogen and oxygen atoms in total. The molecule has 0 bridgehead atoms. The van der Waals surface area contributed by atoms with Gasteiger partial charge in [-0.2, -0.15) is 0 Å². The summed E-state index contributed by atoms with van der Waals surface area (Å²) in [6.07, 6.45) is 0. The molecule has 0 aliphatic heterocycles. The molecule has 2 aromatic rings. The Labute approximate surface area is 163 Å². The van der Waals surface area contributed by atoms with Crippen LogP contribution in [0.3, 0.4) is 0 Å². The maximum atomic E-state index is 12.0. The Morgan fingerprint density at radius 3 is 1.54 bits per heavy atom. The molecule has 0 spiro atoms. The molecule has 0 N–H and O–H groups in total. The van der Waals surface area contributed by atoms with Gasteiger partial charge in [0.05, 0.1) is 24.6 Å². The molecule has 130 valence electrons. The largest absolute Gasteiger partial charge is 0.462 e. The van der Waals surface area contributed by atoms with E-state index in [-0.39, 0.29) is 0 Å². The number of esters is 2. The van der Waals surface area contributed by atoms with Crippen LogP contribution < -0.4 is 0 Å². The molecule has 0 unspecified atom stereocenters. The van der Waals surface area contributed by atoms with E-state index < -0.39 is 11.9 Å². The van der Waals surface area contributed by atoms with Crippen LogP contribution in [0.2, 0.25) is 0 Å². The number of rotatable bonds is 7. The van der Waals surface area contributed by atoms with E-state index in [0.29, 0.717) is 55.0 Å². The summed E-state index contributed by atoms with van der Waals surface area (Å²) in [4.78, 5) is 33.8. The Kier molecular flexibility index (Phi) is 7.33. The molecule has 0 fully saturated rings. The molecule has 0 aromatic carbocycles. The van der Waals surface area contributed by atoms with E-state index in [2.05, 4.69) is 41.8 Å². The van der Waals surface area contributed by atoms with Crippen molar-refractivity contribution in [2.45, 2.75) is 24.5 Å². The molecule has 0 saturated carbocycles. The van der Waals surface area contributed by atoms with Gasteiger partial charge < -0.3 is 9.47 Å². The molecule has 24 heavy (non-hydrogen) atoms. The van der Waals surface area contributed by atoms with Crippen LogP contribution in [0, 0.1) is 0 Å². The van der Waals surface area contributed by atoms with Gasteiger partial charge in [-0.3, -0.25) is 0 Å². The summed E-state index contributed by atoms with van der Waals surface area (Å²) in [5.41, 5.74) is 1.20. The van der Waals surface area contributed by atoms with Crippen LogP contribution >= 0.6 is 54.5 Å². The third kappa shape index (κ3) is 4.22. The maximum absolute atomic E-state index is 12.0. The zero-order valence-electron chi connectivity index (χ0n) is 12.9. The third-order valence-corrected chi connectivity index (χ3v) is 6.11. The van der Waals surface area contributed by atoms with Gasteiger partial charge in [0, 0.05) is 10.7 Å². The van der Waals surface area contributed by atoms with E-state index >= 15 is 0 Å². The first-order chi connectivity index (χ1) is 11.5. The highest BCUT2D eigenvalue weighted by atomic mass is 79.9. The second-order valence-electron chi connectivity index (χ2n) is 4.30. The number of halogens is 2. The van der Waals surface area contributed by atoms with E-state index in [1.54, 1.807) is 13.8 Å². The minimum absolute atomic E-state index is 0.297. The van der Waals surface area contributed by atoms with Crippen molar-refractivity contribution >= 4 is 66.5 Å². The lowest BCUT2D eigenvalue weighted by molar-refractivity contribution is 0.0521. The minimum atomic E-state index is -0.404. The van der Waals surface area contributed by atoms with Crippen molar-refractivity contribution < 1.29 is 19.1 Å². The first-order valence-corrected chi connectivity index (χ1v) is 10.9. The fraction of sp³-hybridized carbons (Fsp3) is 0.429. The predicted octanol–water partition coefficient (Wildman–Crippen LogP) is 4.41. The van der Waals surface area contributed by atoms with E-state index in [0.717, 1.165) is 0 Å². The number of hydrogen-bond acceptors (Lipinski definition) is 8. The number of carbonyl (C=O) groups is 2. The van der Waals surface area contributed by atoms with E-state index in [4.69, 9.17) is 9.47 Å². The maximum Gasteiger partial charge on any atom is 0.350 e. The van der Waals surface area contributed by atoms with Crippen molar-refractivity contribution in [1.82, 2.24) is 9.97 Å². The van der Waals surface area contributed by atoms with Crippen LogP contribution in [-0.4, -0.2) is 35.1 Å². The fourth-order valence-electron chi connectivity index (χ4n) is 1.78. The molecule has 2 aromatic heterocycles. The second-order valence-corrected chi connectivity index (χ2v) is 7.42. The monoisotopic (exact) mass is 496 g/mol. The molecular weight excluding hydrogens is 484 g/mol. The zero-order chi connectivity index (χ0) is 17.7. The summed E-state index contributed by atoms with van der Waals surface area (Å²) in [7, 11) is 0. The van der Waals surface area contributed by atoms with Gasteiger partial charge in [-0.15, -0.1) is 22.7 Å². The van der Waals surface area contributed by atoms with Gasteiger partial charge >= 0.3 is 11.9 Å². The van der Waals surface area contributed by atoms with E-state index in [1.807, 2.05) is 0 Å². The second kappa shape index (κ2) is 9.02. The van der Waals surface area contributed by atoms with Crippen LogP contribution in [0.5, 0.6) is 0 Å². The van der Waals surface area contributed by atoms with Crippen LogP contribution in [0.25, 0.3) is 10.0 Å². The highest BCUT2D eigenvalue weighted by molar-refractivity contribution is 9.08. The highest BCUT2D eigenvalue weighted by Crippen LogP contribution is 2.35. The lowest BCUT2D eigenvalue weighted by Gasteiger charge is -1.98. The van der Waals surface area contributed by atoms with Crippen molar-refractivity contribution in [2.24, 2.45) is 0 Å². The summed E-state index contributed by atoms with van der Waals surface area (Å²) < 4.78 is 10.1. The molecule has 2 rings (SSSR count). The molecule has 0 aliphatic carbocycles. The molecule has 2 heterocycles. The fourth-order valence-corrected chi connectivity index (χ4v) is 4.93. The standard InChI is InChI=1S/C14H14Br2N2O4S2/c1-3-21-13(19)9-7(5-15)17-11(23-9)12-18-8(6-16)10(24-12)14(20)22-4-2/h3-6H2,1-2H3. The normalized spacial score (nSPS) is 10.7. The molecular formula is C14H14Br2N2O4S2. The van der Waals surface area contributed by atoms with Gasteiger partial charge in [0.2, 0.25) is 0 Å². The van der Waals surface area contributed by atoms with Crippen LogP contribution in [0.1, 0.15) is 44.6 Å². The Morgan fingerprint density at radius 1 is 0.875 bits per heavy atom. The van der Waals surface area contributed by atoms with Gasteiger partial charge in [0.1, 0.15) is 9.75 Å². The molecule has 0 radical (unpaired) electrons. The highest BCUT2D eigenvalue weighted by Gasteiger charge is 2.24. The Hall–Kier alpha value is -0.840. The average molecular weight is 498 g/mol. The van der Waals surface area contributed by atoms with Crippen LogP contribution in [0.4, 0.5) is 0 Å². The summed E-state index contributed by atoms with van der Waals surface area (Å²) in [6, 6.07) is 0. The summed E-state index contributed by atoms with van der Waals surface area (Å²) in [6.45, 7) is 4.10.